The summed E-state index contributed by atoms with van der Waals surface area (Å²) in [5, 5.41) is 0. The predicted octanol–water partition coefficient (Wildman–Crippen LogP) is 4.19. The van der Waals surface area contributed by atoms with Crippen LogP contribution in [0.5, 0.6) is 0 Å². The monoisotopic (exact) mass is 206 g/mol. The van der Waals surface area contributed by atoms with Gasteiger partial charge < -0.3 is 4.74 Å². The van der Waals surface area contributed by atoms with Crippen LogP contribution in [0.2, 0.25) is 0 Å². The van der Waals surface area contributed by atoms with Crippen molar-refractivity contribution >= 4 is 11.6 Å². The van der Waals surface area contributed by atoms with Gasteiger partial charge in [-0.15, -0.1) is 0 Å². The van der Waals surface area contributed by atoms with Gasteiger partial charge in [0.05, 0.1) is 0 Å². The molecule has 1 atom stereocenters. The maximum Gasteiger partial charge on any atom is 0.130 e. The van der Waals surface area contributed by atoms with Crippen molar-refractivity contribution in [3.63, 3.8) is 0 Å². The number of halogens is 1. The Morgan fingerprint density at radius 1 is 1.15 bits per heavy atom. The van der Waals surface area contributed by atoms with Gasteiger partial charge in [0.1, 0.15) is 5.56 Å². The number of hydrogen-bond acceptors (Lipinski definition) is 1. The van der Waals surface area contributed by atoms with Crippen LogP contribution in [-0.2, 0) is 4.74 Å². The summed E-state index contributed by atoms with van der Waals surface area (Å²) >= 11 is 5.81. The molecule has 0 radical (unpaired) electrons. The summed E-state index contributed by atoms with van der Waals surface area (Å²) < 4.78 is 5.36. The molecule has 0 bridgehead atoms. The van der Waals surface area contributed by atoms with Crippen molar-refractivity contribution in [2.24, 2.45) is 5.92 Å². The van der Waals surface area contributed by atoms with Crippen LogP contribution < -0.4 is 0 Å². The number of hydrogen-bond donors (Lipinski definition) is 0. The Morgan fingerprint density at radius 3 is 2.38 bits per heavy atom. The SMILES string of the molecule is CCC(Cl)OCCCCCC(C)C. The molecule has 0 spiro atoms. The maximum absolute atomic E-state index is 5.81. The molecule has 0 saturated carbocycles. The molecule has 1 unspecified atom stereocenters. The second kappa shape index (κ2) is 8.83. The molecule has 0 fully saturated rings. The van der Waals surface area contributed by atoms with Gasteiger partial charge in [0, 0.05) is 6.61 Å². The summed E-state index contributed by atoms with van der Waals surface area (Å²) in [6.45, 7) is 7.39. The van der Waals surface area contributed by atoms with Gasteiger partial charge in [-0.05, 0) is 18.8 Å². The molecular formula is C11H23ClO. The van der Waals surface area contributed by atoms with Crippen molar-refractivity contribution in [2.75, 3.05) is 6.61 Å². The summed E-state index contributed by atoms with van der Waals surface area (Å²) in [4.78, 5) is 0. The second-order valence-corrected chi connectivity index (χ2v) is 4.42. The van der Waals surface area contributed by atoms with Crippen LogP contribution in [0.25, 0.3) is 0 Å². The van der Waals surface area contributed by atoms with Crippen LogP contribution in [0.1, 0.15) is 52.9 Å². The summed E-state index contributed by atoms with van der Waals surface area (Å²) in [7, 11) is 0. The highest BCUT2D eigenvalue weighted by molar-refractivity contribution is 6.19. The molecule has 0 aromatic heterocycles. The Bertz CT molecular complexity index is 104. The normalized spacial score (nSPS) is 13.6. The van der Waals surface area contributed by atoms with Gasteiger partial charge in [-0.2, -0.15) is 0 Å². The van der Waals surface area contributed by atoms with Crippen molar-refractivity contribution in [2.45, 2.75) is 58.4 Å². The minimum absolute atomic E-state index is 0.0786. The fourth-order valence-corrected chi connectivity index (χ4v) is 1.25. The molecule has 0 heterocycles. The van der Waals surface area contributed by atoms with E-state index in [-0.39, 0.29) is 5.56 Å². The first-order valence-corrected chi connectivity index (χ1v) is 5.86. The highest BCUT2D eigenvalue weighted by Gasteiger charge is 1.99. The smallest absolute Gasteiger partial charge is 0.130 e. The minimum atomic E-state index is -0.0786. The van der Waals surface area contributed by atoms with E-state index in [1.165, 1.54) is 19.3 Å². The average Bonchev–Trinajstić information content (AvgIpc) is 2.10. The van der Waals surface area contributed by atoms with Crippen molar-refractivity contribution in [3.05, 3.63) is 0 Å². The van der Waals surface area contributed by atoms with Gasteiger partial charge in [0.25, 0.3) is 0 Å². The second-order valence-electron chi connectivity index (χ2n) is 3.93. The van der Waals surface area contributed by atoms with E-state index in [1.807, 2.05) is 6.92 Å². The lowest BCUT2D eigenvalue weighted by molar-refractivity contribution is 0.101. The van der Waals surface area contributed by atoms with E-state index in [2.05, 4.69) is 13.8 Å². The number of rotatable bonds is 8. The molecule has 2 heteroatoms. The molecule has 0 saturated heterocycles. The lowest BCUT2D eigenvalue weighted by atomic mass is 10.1. The minimum Gasteiger partial charge on any atom is -0.363 e. The van der Waals surface area contributed by atoms with Crippen molar-refractivity contribution in [3.8, 4) is 0 Å². The van der Waals surface area contributed by atoms with Gasteiger partial charge >= 0.3 is 0 Å². The zero-order valence-corrected chi connectivity index (χ0v) is 9.94. The first-order valence-electron chi connectivity index (χ1n) is 5.42. The lowest BCUT2D eigenvalue weighted by Crippen LogP contribution is -2.04. The van der Waals surface area contributed by atoms with Gasteiger partial charge in [0.2, 0.25) is 0 Å². The predicted molar refractivity (Wildman–Crippen MR) is 59.2 cm³/mol. The van der Waals surface area contributed by atoms with Crippen LogP contribution in [0, 0.1) is 5.92 Å². The third kappa shape index (κ3) is 10.2. The molecule has 0 aliphatic rings. The van der Waals surface area contributed by atoms with Gasteiger partial charge in [-0.3, -0.25) is 0 Å². The summed E-state index contributed by atoms with van der Waals surface area (Å²) in [5.41, 5.74) is -0.0786. The van der Waals surface area contributed by atoms with Gasteiger partial charge in [0.15, 0.2) is 0 Å². The van der Waals surface area contributed by atoms with E-state index in [0.29, 0.717) is 0 Å². The van der Waals surface area contributed by atoms with Crippen LogP contribution in [0.3, 0.4) is 0 Å². The van der Waals surface area contributed by atoms with E-state index in [4.69, 9.17) is 16.3 Å². The van der Waals surface area contributed by atoms with Crippen LogP contribution in [0.4, 0.5) is 0 Å². The third-order valence-electron chi connectivity index (χ3n) is 2.05. The molecule has 13 heavy (non-hydrogen) atoms. The van der Waals surface area contributed by atoms with Crippen molar-refractivity contribution < 1.29 is 4.74 Å². The number of ether oxygens (including phenoxy) is 1. The Kier molecular flexibility index (Phi) is 9.00. The van der Waals surface area contributed by atoms with E-state index in [0.717, 1.165) is 25.4 Å². The van der Waals surface area contributed by atoms with Crippen LogP contribution in [0.15, 0.2) is 0 Å². The Labute approximate surface area is 87.8 Å². The Balaban J connectivity index is 2.99. The molecule has 1 nitrogen and oxygen atoms in total. The van der Waals surface area contributed by atoms with Gasteiger partial charge in [-0.25, -0.2) is 0 Å². The largest absolute Gasteiger partial charge is 0.363 e. The topological polar surface area (TPSA) is 9.23 Å². The molecule has 0 aliphatic carbocycles. The van der Waals surface area contributed by atoms with E-state index < -0.39 is 0 Å². The summed E-state index contributed by atoms with van der Waals surface area (Å²) in [6.07, 6.45) is 5.97. The molecule has 0 aromatic carbocycles. The van der Waals surface area contributed by atoms with E-state index in [9.17, 15) is 0 Å². The molecule has 0 aromatic rings. The first kappa shape index (κ1) is 13.2. The van der Waals surface area contributed by atoms with Crippen LogP contribution >= 0.6 is 11.6 Å². The highest BCUT2D eigenvalue weighted by Crippen LogP contribution is 2.09. The molecule has 0 aliphatic heterocycles. The zero-order chi connectivity index (χ0) is 10.1. The number of alkyl halides is 1. The number of unbranched alkanes of at least 4 members (excludes halogenated alkanes) is 2. The molecule has 80 valence electrons. The Hall–Kier alpha value is 0.250. The van der Waals surface area contributed by atoms with Gasteiger partial charge in [-0.1, -0.05) is 51.6 Å². The quantitative estimate of drug-likeness (QED) is 0.428. The molecular weight excluding hydrogens is 184 g/mol. The fraction of sp³-hybridized carbons (Fsp3) is 1.00. The van der Waals surface area contributed by atoms with Crippen LogP contribution in [-0.4, -0.2) is 12.2 Å². The van der Waals surface area contributed by atoms with Crippen molar-refractivity contribution in [1.29, 1.82) is 0 Å². The molecule has 0 rings (SSSR count). The maximum atomic E-state index is 5.81. The third-order valence-corrected chi connectivity index (χ3v) is 2.48. The highest BCUT2D eigenvalue weighted by atomic mass is 35.5. The summed E-state index contributed by atoms with van der Waals surface area (Å²) in [6, 6.07) is 0. The average molecular weight is 207 g/mol. The lowest BCUT2D eigenvalue weighted by Gasteiger charge is -2.08. The van der Waals surface area contributed by atoms with E-state index in [1.54, 1.807) is 0 Å². The molecule has 0 amide bonds. The fourth-order valence-electron chi connectivity index (χ4n) is 1.16. The first-order chi connectivity index (χ1) is 6.16. The van der Waals surface area contributed by atoms with E-state index >= 15 is 0 Å². The Morgan fingerprint density at radius 2 is 1.85 bits per heavy atom. The van der Waals surface area contributed by atoms with Crippen molar-refractivity contribution in [1.82, 2.24) is 0 Å². The standard InChI is InChI=1S/C11H23ClO/c1-4-11(12)13-9-7-5-6-8-10(2)3/h10-11H,4-9H2,1-3H3. The zero-order valence-electron chi connectivity index (χ0n) is 9.18. The summed E-state index contributed by atoms with van der Waals surface area (Å²) in [5.74, 6) is 0.831. The molecule has 0 N–H and O–H groups in total.